The lowest BCUT2D eigenvalue weighted by molar-refractivity contribution is -0.129. The third-order valence-electron chi connectivity index (χ3n) is 5.29. The molecule has 1 amide bonds. The number of hydrogen-bond acceptors (Lipinski definition) is 7. The summed E-state index contributed by atoms with van der Waals surface area (Å²) in [6, 6.07) is 12.3. The highest BCUT2D eigenvalue weighted by molar-refractivity contribution is 7.18. The summed E-state index contributed by atoms with van der Waals surface area (Å²) in [7, 11) is 1.68. The molecule has 0 bridgehead atoms. The van der Waals surface area contributed by atoms with E-state index < -0.39 is 0 Å². The number of nitrogens with one attached hydrogen (secondary N) is 1. The molecule has 164 valence electrons. The van der Waals surface area contributed by atoms with Gasteiger partial charge < -0.3 is 10.1 Å². The molecule has 1 N–H and O–H groups in total. The molecule has 1 aliphatic heterocycles. The van der Waals surface area contributed by atoms with Crippen LogP contribution in [0.4, 0.5) is 0 Å². The second kappa shape index (κ2) is 9.47. The zero-order chi connectivity index (χ0) is 22.7. The molecular weight excluding hydrogens is 422 g/mol. The fraction of sp³-hybridized carbons (Fsp3) is 0.333. The summed E-state index contributed by atoms with van der Waals surface area (Å²) in [5, 5.41) is 13.1. The molecule has 1 aliphatic rings. The first kappa shape index (κ1) is 21.9. The summed E-state index contributed by atoms with van der Waals surface area (Å²) in [6.45, 7) is 6.25. The Hall–Kier alpha value is -3.28. The lowest BCUT2D eigenvalue weighted by Gasteiger charge is -2.38. The van der Waals surface area contributed by atoms with E-state index in [4.69, 9.17) is 4.74 Å². The van der Waals surface area contributed by atoms with E-state index in [9.17, 15) is 10.1 Å². The number of nitriles is 1. The van der Waals surface area contributed by atoms with E-state index in [0.717, 1.165) is 40.6 Å². The number of hydrogen-bond donors (Lipinski definition) is 1. The average Bonchev–Trinajstić information content (AvgIpc) is 3.26. The van der Waals surface area contributed by atoms with E-state index in [-0.39, 0.29) is 17.9 Å². The molecule has 8 heteroatoms. The molecule has 3 aromatic rings. The number of carbonyl (C=O) groups is 1. The van der Waals surface area contributed by atoms with Gasteiger partial charge in [-0.2, -0.15) is 5.26 Å². The quantitative estimate of drug-likeness (QED) is 0.594. The molecule has 0 spiro atoms. The molecule has 0 unspecified atom stereocenters. The van der Waals surface area contributed by atoms with Gasteiger partial charge in [-0.05, 0) is 25.5 Å². The van der Waals surface area contributed by atoms with Gasteiger partial charge in [0.2, 0.25) is 11.8 Å². The summed E-state index contributed by atoms with van der Waals surface area (Å²) < 4.78 is 5.61. The van der Waals surface area contributed by atoms with Crippen LogP contribution in [0.25, 0.3) is 21.0 Å². The smallest absolute Gasteiger partial charge is 0.231 e. The zero-order valence-electron chi connectivity index (χ0n) is 18.3. The highest BCUT2D eigenvalue weighted by Crippen LogP contribution is 2.33. The molecule has 2 aromatic heterocycles. The van der Waals surface area contributed by atoms with E-state index >= 15 is 0 Å². The van der Waals surface area contributed by atoms with Crippen LogP contribution in [-0.4, -0.2) is 47.0 Å². The van der Waals surface area contributed by atoms with Crippen molar-refractivity contribution in [2.24, 2.45) is 5.92 Å². The number of nitrogens with zero attached hydrogens (tertiary/aromatic N) is 4. The van der Waals surface area contributed by atoms with Crippen LogP contribution in [0.3, 0.4) is 0 Å². The van der Waals surface area contributed by atoms with Gasteiger partial charge in [-0.3, -0.25) is 9.69 Å². The Morgan fingerprint density at radius 2 is 2.00 bits per heavy atom. The normalized spacial score (nSPS) is 14.1. The second-order valence-electron chi connectivity index (χ2n) is 8.09. The lowest BCUT2D eigenvalue weighted by Crippen LogP contribution is -2.52. The first-order valence-electron chi connectivity index (χ1n) is 10.5. The van der Waals surface area contributed by atoms with Crippen molar-refractivity contribution in [3.63, 3.8) is 0 Å². The fourth-order valence-electron chi connectivity index (χ4n) is 3.61. The zero-order valence-corrected chi connectivity index (χ0v) is 19.1. The Morgan fingerprint density at radius 3 is 2.66 bits per heavy atom. The SMILES string of the molecule is CNC(=O)C1CN(Cc2ccc(-c3ncc(-c4cnc(OC(C)C)c(C#N)c4)s3)cc2)C1. The number of pyridine rings is 1. The number of benzene rings is 1. The van der Waals surface area contributed by atoms with Gasteiger partial charge in [0.1, 0.15) is 16.6 Å². The molecule has 1 saturated heterocycles. The Labute approximate surface area is 191 Å². The lowest BCUT2D eigenvalue weighted by atomic mass is 9.98. The summed E-state index contributed by atoms with van der Waals surface area (Å²) in [5.41, 5.74) is 3.52. The van der Waals surface area contributed by atoms with Gasteiger partial charge in [0.05, 0.1) is 16.9 Å². The first-order chi connectivity index (χ1) is 15.5. The molecule has 0 saturated carbocycles. The van der Waals surface area contributed by atoms with Gasteiger partial charge in [0.25, 0.3) is 0 Å². The van der Waals surface area contributed by atoms with Crippen molar-refractivity contribution in [3.8, 4) is 33.0 Å². The summed E-state index contributed by atoms with van der Waals surface area (Å²) in [6.07, 6.45) is 3.49. The molecule has 0 radical (unpaired) electrons. The summed E-state index contributed by atoms with van der Waals surface area (Å²) >= 11 is 1.56. The van der Waals surface area contributed by atoms with Crippen molar-refractivity contribution < 1.29 is 9.53 Å². The highest BCUT2D eigenvalue weighted by Gasteiger charge is 2.31. The predicted octanol–water partition coefficient (Wildman–Crippen LogP) is 3.71. The minimum absolute atomic E-state index is 0.0446. The standard InChI is InChI=1S/C24H25N5O2S/c1-15(2)31-23-18(9-25)8-19(10-27-23)21-11-28-24(32-21)17-6-4-16(5-7-17)12-29-13-20(14-29)22(30)26-3/h4-8,10-11,15,20H,12-14H2,1-3H3,(H,26,30). The fourth-order valence-corrected chi connectivity index (χ4v) is 4.51. The van der Waals surface area contributed by atoms with Crippen molar-refractivity contribution in [1.82, 2.24) is 20.2 Å². The topological polar surface area (TPSA) is 91.1 Å². The number of carbonyl (C=O) groups excluding carboxylic acids is 1. The number of rotatable bonds is 7. The predicted molar refractivity (Wildman–Crippen MR) is 124 cm³/mol. The van der Waals surface area contributed by atoms with Crippen molar-refractivity contribution in [2.75, 3.05) is 20.1 Å². The number of thiazole rings is 1. The van der Waals surface area contributed by atoms with E-state index in [1.54, 1.807) is 30.6 Å². The average molecular weight is 448 g/mol. The third-order valence-corrected chi connectivity index (χ3v) is 6.39. The molecule has 32 heavy (non-hydrogen) atoms. The number of ether oxygens (including phenoxy) is 1. The maximum Gasteiger partial charge on any atom is 0.231 e. The van der Waals surface area contributed by atoms with E-state index in [1.807, 2.05) is 20.0 Å². The van der Waals surface area contributed by atoms with Gasteiger partial charge in [0.15, 0.2) is 0 Å². The van der Waals surface area contributed by atoms with E-state index in [0.29, 0.717) is 11.4 Å². The van der Waals surface area contributed by atoms with E-state index in [1.165, 1.54) is 5.56 Å². The largest absolute Gasteiger partial charge is 0.474 e. The Bertz CT molecular complexity index is 1140. The monoisotopic (exact) mass is 447 g/mol. The van der Waals surface area contributed by atoms with E-state index in [2.05, 4.69) is 50.5 Å². The van der Waals surface area contributed by atoms with Crippen molar-refractivity contribution >= 4 is 17.2 Å². The van der Waals surface area contributed by atoms with Gasteiger partial charge >= 0.3 is 0 Å². The van der Waals surface area contributed by atoms with Crippen molar-refractivity contribution in [2.45, 2.75) is 26.5 Å². The van der Waals surface area contributed by atoms with Gasteiger partial charge in [-0.25, -0.2) is 9.97 Å². The Balaban J connectivity index is 1.43. The third kappa shape index (κ3) is 4.79. The van der Waals surface area contributed by atoms with Crippen LogP contribution in [0.2, 0.25) is 0 Å². The second-order valence-corrected chi connectivity index (χ2v) is 9.12. The molecule has 1 aromatic carbocycles. The molecule has 0 aliphatic carbocycles. The minimum atomic E-state index is -0.0446. The van der Waals surface area contributed by atoms with Gasteiger partial charge in [0, 0.05) is 50.2 Å². The Morgan fingerprint density at radius 1 is 1.25 bits per heavy atom. The highest BCUT2D eigenvalue weighted by atomic mass is 32.1. The Kier molecular flexibility index (Phi) is 6.49. The first-order valence-corrected chi connectivity index (χ1v) is 11.3. The van der Waals surface area contributed by atoms with Crippen LogP contribution in [0.15, 0.2) is 42.7 Å². The molecule has 0 atom stereocenters. The summed E-state index contributed by atoms with van der Waals surface area (Å²) in [4.78, 5) is 23.7. The van der Waals surface area contributed by atoms with Gasteiger partial charge in [-0.1, -0.05) is 24.3 Å². The molecule has 4 rings (SSSR count). The van der Waals surface area contributed by atoms with Crippen LogP contribution in [0, 0.1) is 17.2 Å². The molecular formula is C24H25N5O2S. The van der Waals surface area contributed by atoms with Crippen molar-refractivity contribution in [3.05, 3.63) is 53.9 Å². The van der Waals surface area contributed by atoms with Crippen LogP contribution < -0.4 is 10.1 Å². The number of likely N-dealkylation sites (tertiary alicyclic amines) is 1. The van der Waals surface area contributed by atoms with Gasteiger partial charge in [-0.15, -0.1) is 11.3 Å². The van der Waals surface area contributed by atoms with Crippen LogP contribution in [-0.2, 0) is 11.3 Å². The summed E-state index contributed by atoms with van der Waals surface area (Å²) in [5.74, 6) is 0.584. The van der Waals surface area contributed by atoms with Crippen LogP contribution in [0.1, 0.15) is 25.0 Å². The maximum absolute atomic E-state index is 11.6. The molecule has 1 fully saturated rings. The number of aromatic nitrogens is 2. The maximum atomic E-state index is 11.6. The minimum Gasteiger partial charge on any atom is -0.474 e. The molecule has 3 heterocycles. The van der Waals surface area contributed by atoms with Crippen molar-refractivity contribution in [1.29, 1.82) is 5.26 Å². The number of amides is 1. The van der Waals surface area contributed by atoms with Crippen LogP contribution >= 0.6 is 11.3 Å². The molecule has 7 nitrogen and oxygen atoms in total. The van der Waals surface area contributed by atoms with Crippen LogP contribution in [0.5, 0.6) is 5.88 Å².